The molecule has 0 aliphatic rings. The van der Waals surface area contributed by atoms with E-state index in [4.69, 9.17) is 4.74 Å². The van der Waals surface area contributed by atoms with Gasteiger partial charge >= 0.3 is 5.97 Å². The summed E-state index contributed by atoms with van der Waals surface area (Å²) in [6.07, 6.45) is 3.10. The van der Waals surface area contributed by atoms with Crippen LogP contribution in [-0.4, -0.2) is 35.6 Å². The molecule has 5 nitrogen and oxygen atoms in total. The van der Waals surface area contributed by atoms with E-state index in [-0.39, 0.29) is 12.5 Å². The van der Waals surface area contributed by atoms with Crippen LogP contribution in [0.5, 0.6) is 0 Å². The molecule has 1 heterocycles. The summed E-state index contributed by atoms with van der Waals surface area (Å²) in [4.78, 5) is 21.2. The molecule has 0 unspecified atom stereocenters. The number of halogens is 1. The number of esters is 1. The quantitative estimate of drug-likeness (QED) is 0.771. The van der Waals surface area contributed by atoms with Crippen LogP contribution in [-0.2, 0) is 9.53 Å². The lowest BCUT2D eigenvalue weighted by Gasteiger charge is -2.21. The Labute approximate surface area is 103 Å². The van der Waals surface area contributed by atoms with E-state index in [1.54, 1.807) is 13.1 Å². The van der Waals surface area contributed by atoms with Gasteiger partial charge in [0.2, 0.25) is 0 Å². The number of rotatable bonds is 5. The first-order valence-electron chi connectivity index (χ1n) is 5.05. The monoisotopic (exact) mass is 287 g/mol. The minimum Gasteiger partial charge on any atom is -0.465 e. The van der Waals surface area contributed by atoms with Crippen molar-refractivity contribution in [2.75, 3.05) is 24.6 Å². The fourth-order valence-electron chi connectivity index (χ4n) is 1.24. The minimum absolute atomic E-state index is 0.194. The first-order chi connectivity index (χ1) is 7.69. The molecule has 1 rings (SSSR count). The summed E-state index contributed by atoms with van der Waals surface area (Å²) < 4.78 is 5.66. The summed E-state index contributed by atoms with van der Waals surface area (Å²) in [6, 6.07) is 0. The third-order valence-electron chi connectivity index (χ3n) is 1.95. The molecule has 0 amide bonds. The number of nitrogens with zero attached hydrogens (tertiary/aromatic N) is 3. The van der Waals surface area contributed by atoms with Crippen LogP contribution in [0, 0.1) is 0 Å². The van der Waals surface area contributed by atoms with Gasteiger partial charge in [0.1, 0.15) is 18.7 Å². The standard InChI is InChI=1S/C10H14BrN3O2/c1-3-14(6-9(15)16-4-2)10-8(11)5-12-7-13-10/h5,7H,3-4,6H2,1-2H3. The van der Waals surface area contributed by atoms with Crippen molar-refractivity contribution in [2.45, 2.75) is 13.8 Å². The second-order valence-corrected chi connectivity index (χ2v) is 3.87. The van der Waals surface area contributed by atoms with Crippen molar-refractivity contribution in [2.24, 2.45) is 0 Å². The van der Waals surface area contributed by atoms with Gasteiger partial charge in [-0.05, 0) is 29.8 Å². The van der Waals surface area contributed by atoms with Gasteiger partial charge < -0.3 is 9.64 Å². The molecule has 16 heavy (non-hydrogen) atoms. The van der Waals surface area contributed by atoms with E-state index in [9.17, 15) is 4.79 Å². The molecule has 0 radical (unpaired) electrons. The Kier molecular flexibility index (Phi) is 5.18. The number of carbonyl (C=O) groups is 1. The van der Waals surface area contributed by atoms with Gasteiger partial charge in [-0.15, -0.1) is 0 Å². The lowest BCUT2D eigenvalue weighted by molar-refractivity contribution is -0.141. The van der Waals surface area contributed by atoms with Crippen molar-refractivity contribution in [1.82, 2.24) is 9.97 Å². The predicted molar refractivity (Wildman–Crippen MR) is 64.3 cm³/mol. The van der Waals surface area contributed by atoms with Crippen LogP contribution in [0.1, 0.15) is 13.8 Å². The highest BCUT2D eigenvalue weighted by atomic mass is 79.9. The maximum Gasteiger partial charge on any atom is 0.325 e. The molecule has 6 heteroatoms. The summed E-state index contributed by atoms with van der Waals surface area (Å²) in [5, 5.41) is 0. The summed E-state index contributed by atoms with van der Waals surface area (Å²) in [5.74, 6) is 0.445. The van der Waals surface area contributed by atoms with E-state index in [1.807, 2.05) is 11.8 Å². The van der Waals surface area contributed by atoms with Crippen LogP contribution < -0.4 is 4.90 Å². The fraction of sp³-hybridized carbons (Fsp3) is 0.500. The normalized spacial score (nSPS) is 9.94. The number of likely N-dealkylation sites (N-methyl/N-ethyl adjacent to an activating group) is 1. The third kappa shape index (κ3) is 3.44. The Balaban J connectivity index is 2.75. The summed E-state index contributed by atoms with van der Waals surface area (Å²) in [6.45, 7) is 5.00. The van der Waals surface area contributed by atoms with E-state index in [0.29, 0.717) is 19.0 Å². The van der Waals surface area contributed by atoms with E-state index >= 15 is 0 Å². The lowest BCUT2D eigenvalue weighted by Crippen LogP contribution is -2.31. The van der Waals surface area contributed by atoms with Gasteiger partial charge in [0.05, 0.1) is 11.1 Å². The van der Waals surface area contributed by atoms with Crippen LogP contribution in [0.2, 0.25) is 0 Å². The highest BCUT2D eigenvalue weighted by Crippen LogP contribution is 2.21. The molecule has 0 saturated heterocycles. The topological polar surface area (TPSA) is 55.3 Å². The Hall–Kier alpha value is -1.17. The number of ether oxygens (including phenoxy) is 1. The zero-order chi connectivity index (χ0) is 12.0. The van der Waals surface area contributed by atoms with Crippen molar-refractivity contribution < 1.29 is 9.53 Å². The largest absolute Gasteiger partial charge is 0.465 e. The Morgan fingerprint density at radius 1 is 1.56 bits per heavy atom. The van der Waals surface area contributed by atoms with Crippen LogP contribution in [0.15, 0.2) is 17.0 Å². The molecule has 0 fully saturated rings. The molecule has 0 N–H and O–H groups in total. The Morgan fingerprint density at radius 2 is 2.31 bits per heavy atom. The van der Waals surface area contributed by atoms with Gasteiger partial charge in [-0.1, -0.05) is 0 Å². The van der Waals surface area contributed by atoms with Crippen molar-refractivity contribution in [3.05, 3.63) is 17.0 Å². The molecule has 0 bridgehead atoms. The molecule has 0 aliphatic carbocycles. The summed E-state index contributed by atoms with van der Waals surface area (Å²) in [5.41, 5.74) is 0. The lowest BCUT2D eigenvalue weighted by atomic mass is 10.4. The van der Waals surface area contributed by atoms with Gasteiger partial charge in [-0.3, -0.25) is 4.79 Å². The number of carbonyl (C=O) groups excluding carboxylic acids is 1. The number of aromatic nitrogens is 2. The predicted octanol–water partition coefficient (Wildman–Crippen LogP) is 1.63. The second-order valence-electron chi connectivity index (χ2n) is 3.01. The third-order valence-corrected chi connectivity index (χ3v) is 2.51. The Morgan fingerprint density at radius 3 is 2.88 bits per heavy atom. The maximum absolute atomic E-state index is 11.4. The number of hydrogen-bond donors (Lipinski definition) is 0. The van der Waals surface area contributed by atoms with Crippen molar-refractivity contribution in [1.29, 1.82) is 0 Å². The average Bonchev–Trinajstić information content (AvgIpc) is 2.27. The average molecular weight is 288 g/mol. The van der Waals surface area contributed by atoms with Crippen LogP contribution in [0.3, 0.4) is 0 Å². The zero-order valence-electron chi connectivity index (χ0n) is 9.31. The maximum atomic E-state index is 11.4. The van der Waals surface area contributed by atoms with E-state index in [2.05, 4.69) is 25.9 Å². The van der Waals surface area contributed by atoms with Gasteiger partial charge in [-0.2, -0.15) is 0 Å². The van der Waals surface area contributed by atoms with Crippen molar-refractivity contribution in [3.8, 4) is 0 Å². The molecule has 1 aromatic rings. The molecule has 0 spiro atoms. The van der Waals surface area contributed by atoms with Crippen molar-refractivity contribution in [3.63, 3.8) is 0 Å². The highest BCUT2D eigenvalue weighted by molar-refractivity contribution is 9.10. The molecule has 0 atom stereocenters. The molecular weight excluding hydrogens is 274 g/mol. The van der Waals surface area contributed by atoms with E-state index in [1.165, 1.54) is 6.33 Å². The molecule has 0 aromatic carbocycles. The SMILES string of the molecule is CCOC(=O)CN(CC)c1ncncc1Br. The molecule has 1 aromatic heterocycles. The summed E-state index contributed by atoms with van der Waals surface area (Å²) >= 11 is 3.35. The highest BCUT2D eigenvalue weighted by Gasteiger charge is 2.14. The Bertz CT molecular complexity index is 360. The van der Waals surface area contributed by atoms with Gasteiger partial charge in [0.15, 0.2) is 0 Å². The number of anilines is 1. The zero-order valence-corrected chi connectivity index (χ0v) is 10.9. The smallest absolute Gasteiger partial charge is 0.325 e. The first-order valence-corrected chi connectivity index (χ1v) is 5.84. The van der Waals surface area contributed by atoms with Crippen LogP contribution in [0.4, 0.5) is 5.82 Å². The summed E-state index contributed by atoms with van der Waals surface area (Å²) in [7, 11) is 0. The van der Waals surface area contributed by atoms with Gasteiger partial charge in [-0.25, -0.2) is 9.97 Å². The van der Waals surface area contributed by atoms with E-state index < -0.39 is 0 Å². The molecule has 0 saturated carbocycles. The minimum atomic E-state index is -0.255. The molecule has 88 valence electrons. The molecular formula is C10H14BrN3O2. The van der Waals surface area contributed by atoms with Crippen LogP contribution in [0.25, 0.3) is 0 Å². The van der Waals surface area contributed by atoms with Gasteiger partial charge in [0, 0.05) is 12.7 Å². The fourth-order valence-corrected chi connectivity index (χ4v) is 1.71. The van der Waals surface area contributed by atoms with Crippen molar-refractivity contribution >= 4 is 27.7 Å². The first kappa shape index (κ1) is 12.9. The van der Waals surface area contributed by atoms with Gasteiger partial charge in [0.25, 0.3) is 0 Å². The van der Waals surface area contributed by atoms with Crippen LogP contribution >= 0.6 is 15.9 Å². The second kappa shape index (κ2) is 6.42. The van der Waals surface area contributed by atoms with E-state index in [0.717, 1.165) is 4.47 Å². The molecule has 0 aliphatic heterocycles. The number of hydrogen-bond acceptors (Lipinski definition) is 5.